The number of halogens is 2. The zero-order chi connectivity index (χ0) is 10.0. The molecule has 0 aliphatic carbocycles. The van der Waals surface area contributed by atoms with Crippen LogP contribution in [0.5, 0.6) is 0 Å². The standard InChI is InChI=1S/C11H12F2/c1-7-4-10(6-11(12)13)5-8(2)9(7)3/h4-6H,1-3H3. The highest BCUT2D eigenvalue weighted by Gasteiger charge is 2.00. The molecule has 0 spiro atoms. The van der Waals surface area contributed by atoms with Crippen LogP contribution in [-0.2, 0) is 0 Å². The van der Waals surface area contributed by atoms with Crippen molar-refractivity contribution in [3.05, 3.63) is 40.5 Å². The maximum Gasteiger partial charge on any atom is 0.270 e. The Kier molecular flexibility index (Phi) is 2.81. The quantitative estimate of drug-likeness (QED) is 0.618. The summed E-state index contributed by atoms with van der Waals surface area (Å²) in [4.78, 5) is 0. The van der Waals surface area contributed by atoms with Gasteiger partial charge in [0.25, 0.3) is 6.08 Å². The summed E-state index contributed by atoms with van der Waals surface area (Å²) in [6, 6.07) is 3.53. The summed E-state index contributed by atoms with van der Waals surface area (Å²) < 4.78 is 23.9. The van der Waals surface area contributed by atoms with Crippen LogP contribution in [0.25, 0.3) is 6.08 Å². The minimum Gasteiger partial charge on any atom is -0.173 e. The summed E-state index contributed by atoms with van der Waals surface area (Å²) in [5, 5.41) is 0. The highest BCUT2D eigenvalue weighted by molar-refractivity contribution is 5.54. The van der Waals surface area contributed by atoms with E-state index in [1.54, 1.807) is 12.1 Å². The lowest BCUT2D eigenvalue weighted by atomic mass is 10.0. The van der Waals surface area contributed by atoms with Crippen LogP contribution in [0.2, 0.25) is 0 Å². The third kappa shape index (κ3) is 2.38. The van der Waals surface area contributed by atoms with Crippen molar-refractivity contribution in [2.75, 3.05) is 0 Å². The Balaban J connectivity index is 3.21. The van der Waals surface area contributed by atoms with Crippen LogP contribution in [0.3, 0.4) is 0 Å². The van der Waals surface area contributed by atoms with Gasteiger partial charge in [-0.15, -0.1) is 0 Å². The molecule has 0 amide bonds. The Labute approximate surface area is 76.9 Å². The number of aryl methyl sites for hydroxylation is 2. The molecule has 1 aromatic rings. The molecule has 0 heterocycles. The average Bonchev–Trinajstić information content (AvgIpc) is 1.98. The number of rotatable bonds is 1. The molecule has 0 radical (unpaired) electrons. The Hall–Kier alpha value is -1.18. The van der Waals surface area contributed by atoms with E-state index in [9.17, 15) is 8.78 Å². The van der Waals surface area contributed by atoms with Crippen molar-refractivity contribution in [3.63, 3.8) is 0 Å². The number of benzene rings is 1. The van der Waals surface area contributed by atoms with E-state index in [1.807, 2.05) is 20.8 Å². The molecule has 13 heavy (non-hydrogen) atoms. The molecule has 0 N–H and O–H groups in total. The van der Waals surface area contributed by atoms with E-state index in [1.165, 1.54) is 0 Å². The van der Waals surface area contributed by atoms with Gasteiger partial charge in [-0.05, 0) is 43.0 Å². The first kappa shape index (κ1) is 9.90. The van der Waals surface area contributed by atoms with Gasteiger partial charge in [0.15, 0.2) is 0 Å². The minimum absolute atomic E-state index is 0.570. The van der Waals surface area contributed by atoms with Crippen molar-refractivity contribution in [1.82, 2.24) is 0 Å². The topological polar surface area (TPSA) is 0 Å². The van der Waals surface area contributed by atoms with E-state index in [0.29, 0.717) is 5.56 Å². The Bertz CT molecular complexity index is 324. The lowest BCUT2D eigenvalue weighted by Gasteiger charge is -2.05. The largest absolute Gasteiger partial charge is 0.270 e. The van der Waals surface area contributed by atoms with Gasteiger partial charge >= 0.3 is 0 Å². The van der Waals surface area contributed by atoms with Crippen molar-refractivity contribution in [3.8, 4) is 0 Å². The van der Waals surface area contributed by atoms with Gasteiger partial charge in [-0.25, -0.2) is 0 Å². The van der Waals surface area contributed by atoms with E-state index in [-0.39, 0.29) is 0 Å². The average molecular weight is 182 g/mol. The van der Waals surface area contributed by atoms with Crippen LogP contribution in [0.4, 0.5) is 8.78 Å². The van der Waals surface area contributed by atoms with Gasteiger partial charge < -0.3 is 0 Å². The smallest absolute Gasteiger partial charge is 0.173 e. The predicted molar refractivity (Wildman–Crippen MR) is 50.8 cm³/mol. The summed E-state index contributed by atoms with van der Waals surface area (Å²) in [7, 11) is 0. The van der Waals surface area contributed by atoms with Crippen molar-refractivity contribution in [2.45, 2.75) is 20.8 Å². The van der Waals surface area contributed by atoms with Crippen molar-refractivity contribution in [1.29, 1.82) is 0 Å². The van der Waals surface area contributed by atoms with Gasteiger partial charge in [-0.2, -0.15) is 8.78 Å². The lowest BCUT2D eigenvalue weighted by Crippen LogP contribution is -1.87. The molecule has 1 aromatic carbocycles. The van der Waals surface area contributed by atoms with E-state index >= 15 is 0 Å². The van der Waals surface area contributed by atoms with Gasteiger partial charge in [0.2, 0.25) is 0 Å². The lowest BCUT2D eigenvalue weighted by molar-refractivity contribution is 0.429. The molecule has 70 valence electrons. The maximum absolute atomic E-state index is 11.9. The predicted octanol–water partition coefficient (Wildman–Crippen LogP) is 3.85. The third-order valence-electron chi connectivity index (χ3n) is 2.23. The van der Waals surface area contributed by atoms with Crippen LogP contribution in [0.1, 0.15) is 22.3 Å². The molecule has 0 nitrogen and oxygen atoms in total. The van der Waals surface area contributed by atoms with Crippen LogP contribution in [-0.4, -0.2) is 0 Å². The monoisotopic (exact) mass is 182 g/mol. The highest BCUT2D eigenvalue weighted by atomic mass is 19.3. The van der Waals surface area contributed by atoms with Gasteiger partial charge in [-0.1, -0.05) is 12.1 Å². The minimum atomic E-state index is -1.65. The maximum atomic E-state index is 11.9. The normalized spacial score (nSPS) is 9.92. The second kappa shape index (κ2) is 3.69. The molecular weight excluding hydrogens is 170 g/mol. The fraction of sp³-hybridized carbons (Fsp3) is 0.273. The second-order valence-corrected chi connectivity index (χ2v) is 3.21. The third-order valence-corrected chi connectivity index (χ3v) is 2.23. The van der Waals surface area contributed by atoms with Crippen LogP contribution < -0.4 is 0 Å². The first-order chi connectivity index (χ1) is 6.00. The summed E-state index contributed by atoms with van der Waals surface area (Å²) in [5.41, 5.74) is 3.83. The molecule has 0 unspecified atom stereocenters. The van der Waals surface area contributed by atoms with Crippen LogP contribution >= 0.6 is 0 Å². The summed E-state index contributed by atoms with van der Waals surface area (Å²) in [6.45, 7) is 5.84. The van der Waals surface area contributed by atoms with Crippen LogP contribution in [0.15, 0.2) is 18.2 Å². The van der Waals surface area contributed by atoms with Gasteiger partial charge in [-0.3, -0.25) is 0 Å². The van der Waals surface area contributed by atoms with Gasteiger partial charge in [0.05, 0.1) is 0 Å². The zero-order valence-electron chi connectivity index (χ0n) is 7.99. The molecule has 0 bridgehead atoms. The first-order valence-corrected chi connectivity index (χ1v) is 4.11. The summed E-state index contributed by atoms with van der Waals surface area (Å²) in [6.07, 6.45) is -0.762. The molecule has 0 aromatic heterocycles. The number of hydrogen-bond acceptors (Lipinski definition) is 0. The summed E-state index contributed by atoms with van der Waals surface area (Å²) in [5.74, 6) is 0. The Morgan fingerprint density at radius 2 is 1.54 bits per heavy atom. The molecule has 0 aliphatic heterocycles. The molecule has 0 saturated carbocycles. The van der Waals surface area contributed by atoms with E-state index < -0.39 is 6.08 Å². The Morgan fingerprint density at radius 3 is 1.92 bits per heavy atom. The SMILES string of the molecule is Cc1cc(C=C(F)F)cc(C)c1C. The van der Waals surface area contributed by atoms with Gasteiger partial charge in [0, 0.05) is 6.08 Å². The fourth-order valence-corrected chi connectivity index (χ4v) is 1.28. The highest BCUT2D eigenvalue weighted by Crippen LogP contribution is 2.18. The second-order valence-electron chi connectivity index (χ2n) is 3.21. The molecule has 0 aliphatic rings. The van der Waals surface area contributed by atoms with Gasteiger partial charge in [0.1, 0.15) is 0 Å². The zero-order valence-corrected chi connectivity index (χ0v) is 7.99. The first-order valence-electron chi connectivity index (χ1n) is 4.11. The Morgan fingerprint density at radius 1 is 1.08 bits per heavy atom. The van der Waals surface area contributed by atoms with E-state index in [0.717, 1.165) is 22.8 Å². The molecule has 0 saturated heterocycles. The van der Waals surface area contributed by atoms with Crippen molar-refractivity contribution >= 4 is 6.08 Å². The van der Waals surface area contributed by atoms with Crippen molar-refractivity contribution < 1.29 is 8.78 Å². The fourth-order valence-electron chi connectivity index (χ4n) is 1.28. The van der Waals surface area contributed by atoms with Crippen molar-refractivity contribution in [2.24, 2.45) is 0 Å². The van der Waals surface area contributed by atoms with Crippen LogP contribution in [0, 0.1) is 20.8 Å². The van der Waals surface area contributed by atoms with E-state index in [4.69, 9.17) is 0 Å². The van der Waals surface area contributed by atoms with E-state index in [2.05, 4.69) is 0 Å². The number of hydrogen-bond donors (Lipinski definition) is 0. The molecule has 2 heteroatoms. The molecule has 0 atom stereocenters. The molecule has 1 rings (SSSR count). The molecular formula is C11H12F2. The summed E-state index contributed by atoms with van der Waals surface area (Å²) >= 11 is 0. The molecule has 0 fully saturated rings.